The molecule has 2 heterocycles. The summed E-state index contributed by atoms with van der Waals surface area (Å²) in [5.41, 5.74) is 6.54. The summed E-state index contributed by atoms with van der Waals surface area (Å²) in [6.45, 7) is 1.89. The van der Waals surface area contributed by atoms with E-state index in [1.54, 1.807) is 0 Å². The van der Waals surface area contributed by atoms with Crippen molar-refractivity contribution in [3.8, 4) is 0 Å². The Morgan fingerprint density at radius 2 is 2.25 bits per heavy atom. The second kappa shape index (κ2) is 2.57. The minimum atomic E-state index is -0.0811. The minimum absolute atomic E-state index is 0.0811. The highest BCUT2D eigenvalue weighted by Crippen LogP contribution is 2.08. The Morgan fingerprint density at radius 1 is 1.42 bits per heavy atom. The monoisotopic (exact) mass is 162 g/mol. The van der Waals surface area contributed by atoms with E-state index in [9.17, 15) is 0 Å². The number of fused-ring (bicyclic) bond motifs is 1. The molecule has 4 nitrogen and oxygen atoms in total. The maximum atomic E-state index is 5.70. The number of hydrogen-bond donors (Lipinski definition) is 1. The largest absolute Gasteiger partial charge is 0.322 e. The number of pyridine rings is 1. The van der Waals surface area contributed by atoms with Crippen molar-refractivity contribution in [2.24, 2.45) is 5.73 Å². The third-order valence-electron chi connectivity index (χ3n) is 1.75. The van der Waals surface area contributed by atoms with Gasteiger partial charge < -0.3 is 5.73 Å². The molecule has 4 heteroatoms. The zero-order chi connectivity index (χ0) is 8.55. The van der Waals surface area contributed by atoms with Crippen LogP contribution in [0.5, 0.6) is 0 Å². The van der Waals surface area contributed by atoms with Crippen molar-refractivity contribution in [1.82, 2.24) is 14.6 Å². The average molecular weight is 162 g/mol. The van der Waals surface area contributed by atoms with Gasteiger partial charge in [0.25, 0.3) is 0 Å². The maximum absolute atomic E-state index is 5.70. The van der Waals surface area contributed by atoms with Crippen molar-refractivity contribution in [2.45, 2.75) is 13.0 Å². The van der Waals surface area contributed by atoms with E-state index in [0.29, 0.717) is 0 Å². The highest BCUT2D eigenvalue weighted by Gasteiger charge is 2.07. The first kappa shape index (κ1) is 7.24. The van der Waals surface area contributed by atoms with E-state index in [0.717, 1.165) is 11.5 Å². The van der Waals surface area contributed by atoms with E-state index in [1.807, 2.05) is 35.7 Å². The Morgan fingerprint density at radius 3 is 3.00 bits per heavy atom. The van der Waals surface area contributed by atoms with Crippen LogP contribution in [0.25, 0.3) is 5.65 Å². The number of nitrogens with zero attached hydrogens (tertiary/aromatic N) is 3. The second-order valence-electron chi connectivity index (χ2n) is 2.78. The van der Waals surface area contributed by atoms with Crippen molar-refractivity contribution in [3.05, 3.63) is 30.2 Å². The van der Waals surface area contributed by atoms with Crippen LogP contribution in [-0.2, 0) is 0 Å². The first-order valence-corrected chi connectivity index (χ1v) is 3.84. The number of aromatic nitrogens is 3. The van der Waals surface area contributed by atoms with Gasteiger partial charge in [-0.05, 0) is 19.1 Å². The Bertz CT molecular complexity index is 391. The summed E-state index contributed by atoms with van der Waals surface area (Å²) in [5.74, 6) is 0.797. The fourth-order valence-corrected chi connectivity index (χ4v) is 1.17. The summed E-state index contributed by atoms with van der Waals surface area (Å²) in [4.78, 5) is 0. The lowest BCUT2D eigenvalue weighted by Crippen LogP contribution is -2.09. The van der Waals surface area contributed by atoms with Gasteiger partial charge in [-0.25, -0.2) is 0 Å². The average Bonchev–Trinajstić information content (AvgIpc) is 2.47. The van der Waals surface area contributed by atoms with E-state index >= 15 is 0 Å². The third-order valence-corrected chi connectivity index (χ3v) is 1.75. The number of hydrogen-bond acceptors (Lipinski definition) is 3. The predicted molar refractivity (Wildman–Crippen MR) is 45.6 cm³/mol. The highest BCUT2D eigenvalue weighted by atomic mass is 15.3. The molecule has 0 unspecified atom stereocenters. The van der Waals surface area contributed by atoms with E-state index in [-0.39, 0.29) is 6.04 Å². The third kappa shape index (κ3) is 0.967. The van der Waals surface area contributed by atoms with Crippen LogP contribution in [0.2, 0.25) is 0 Å². The molecule has 0 fully saturated rings. The second-order valence-corrected chi connectivity index (χ2v) is 2.78. The van der Waals surface area contributed by atoms with Crippen LogP contribution in [0.3, 0.4) is 0 Å². The van der Waals surface area contributed by atoms with Gasteiger partial charge in [-0.1, -0.05) is 6.07 Å². The van der Waals surface area contributed by atoms with Crippen molar-refractivity contribution in [3.63, 3.8) is 0 Å². The molecule has 2 rings (SSSR count). The van der Waals surface area contributed by atoms with Gasteiger partial charge >= 0.3 is 0 Å². The SMILES string of the molecule is C[C@@H](N)c1nnc2ccccn12. The topological polar surface area (TPSA) is 56.2 Å². The van der Waals surface area contributed by atoms with Gasteiger partial charge in [0.1, 0.15) is 0 Å². The summed E-state index contributed by atoms with van der Waals surface area (Å²) in [5, 5.41) is 7.96. The van der Waals surface area contributed by atoms with Crippen molar-refractivity contribution in [2.75, 3.05) is 0 Å². The summed E-state index contributed by atoms with van der Waals surface area (Å²) in [6, 6.07) is 5.68. The van der Waals surface area contributed by atoms with Crippen LogP contribution in [0.4, 0.5) is 0 Å². The molecule has 0 saturated carbocycles. The summed E-state index contributed by atoms with van der Waals surface area (Å²) >= 11 is 0. The molecule has 0 amide bonds. The van der Waals surface area contributed by atoms with E-state index in [4.69, 9.17) is 5.73 Å². The Hall–Kier alpha value is -1.42. The molecule has 2 aromatic rings. The molecular formula is C8H10N4. The van der Waals surface area contributed by atoms with Crippen LogP contribution >= 0.6 is 0 Å². The predicted octanol–water partition coefficient (Wildman–Crippen LogP) is 0.749. The Labute approximate surface area is 70.0 Å². The van der Waals surface area contributed by atoms with Crippen LogP contribution in [0.1, 0.15) is 18.8 Å². The molecule has 0 spiro atoms. The molecule has 2 aromatic heterocycles. The molecule has 0 aliphatic heterocycles. The Kier molecular flexibility index (Phi) is 1.55. The maximum Gasteiger partial charge on any atom is 0.160 e. The lowest BCUT2D eigenvalue weighted by atomic mass is 10.3. The van der Waals surface area contributed by atoms with Crippen LogP contribution in [0.15, 0.2) is 24.4 Å². The fourth-order valence-electron chi connectivity index (χ4n) is 1.17. The van der Waals surface area contributed by atoms with E-state index in [2.05, 4.69) is 10.2 Å². The van der Waals surface area contributed by atoms with Gasteiger partial charge in [0, 0.05) is 6.20 Å². The van der Waals surface area contributed by atoms with Gasteiger partial charge in [0.05, 0.1) is 6.04 Å². The molecule has 12 heavy (non-hydrogen) atoms. The van der Waals surface area contributed by atoms with Gasteiger partial charge in [-0.3, -0.25) is 4.40 Å². The van der Waals surface area contributed by atoms with Crippen molar-refractivity contribution >= 4 is 5.65 Å². The lowest BCUT2D eigenvalue weighted by molar-refractivity contribution is 0.726. The molecule has 1 atom stereocenters. The van der Waals surface area contributed by atoms with Gasteiger partial charge in [-0.2, -0.15) is 0 Å². The van der Waals surface area contributed by atoms with Gasteiger partial charge in [-0.15, -0.1) is 10.2 Å². The molecule has 0 aromatic carbocycles. The standard InChI is InChI=1S/C8H10N4/c1-6(9)8-11-10-7-4-2-3-5-12(7)8/h2-6H,9H2,1H3/t6-/m1/s1. The molecule has 62 valence electrons. The molecule has 0 aliphatic carbocycles. The zero-order valence-electron chi connectivity index (χ0n) is 6.81. The Balaban J connectivity index is 2.70. The number of rotatable bonds is 1. The quantitative estimate of drug-likeness (QED) is 0.673. The fraction of sp³-hybridized carbons (Fsp3) is 0.250. The molecule has 2 N–H and O–H groups in total. The van der Waals surface area contributed by atoms with Gasteiger partial charge in [0.2, 0.25) is 0 Å². The molecule has 0 saturated heterocycles. The first-order chi connectivity index (χ1) is 5.79. The van der Waals surface area contributed by atoms with Crippen molar-refractivity contribution < 1.29 is 0 Å². The molecular weight excluding hydrogens is 152 g/mol. The summed E-state index contributed by atoms with van der Waals surface area (Å²) in [7, 11) is 0. The minimum Gasteiger partial charge on any atom is -0.322 e. The lowest BCUT2D eigenvalue weighted by Gasteiger charge is -2.00. The van der Waals surface area contributed by atoms with Crippen LogP contribution in [0, 0.1) is 0 Å². The van der Waals surface area contributed by atoms with E-state index in [1.165, 1.54) is 0 Å². The normalized spacial score (nSPS) is 13.5. The summed E-state index contributed by atoms with van der Waals surface area (Å²) in [6.07, 6.45) is 1.91. The van der Waals surface area contributed by atoms with E-state index < -0.39 is 0 Å². The smallest absolute Gasteiger partial charge is 0.160 e. The highest BCUT2D eigenvalue weighted by molar-refractivity contribution is 5.37. The van der Waals surface area contributed by atoms with Gasteiger partial charge in [0.15, 0.2) is 11.5 Å². The summed E-state index contributed by atoms with van der Waals surface area (Å²) < 4.78 is 1.89. The van der Waals surface area contributed by atoms with Crippen molar-refractivity contribution in [1.29, 1.82) is 0 Å². The molecule has 0 bridgehead atoms. The molecule has 0 radical (unpaired) electrons. The first-order valence-electron chi connectivity index (χ1n) is 3.84. The zero-order valence-corrected chi connectivity index (χ0v) is 6.81. The molecule has 0 aliphatic rings. The number of nitrogens with two attached hydrogens (primary N) is 1. The van der Waals surface area contributed by atoms with Crippen LogP contribution < -0.4 is 5.73 Å². The van der Waals surface area contributed by atoms with Crippen LogP contribution in [-0.4, -0.2) is 14.6 Å².